The SMILES string of the molecule is O=C(NCc1ccnc(N2CCOCC2)c1)c1cc2c(cc1O)CCCC2. The highest BCUT2D eigenvalue weighted by atomic mass is 16.5. The molecular formula is C21H25N3O3. The number of aromatic hydroxyl groups is 1. The lowest BCUT2D eigenvalue weighted by Gasteiger charge is -2.28. The fourth-order valence-corrected chi connectivity index (χ4v) is 3.77. The summed E-state index contributed by atoms with van der Waals surface area (Å²) in [6.45, 7) is 3.47. The molecule has 0 unspecified atom stereocenters. The number of morpholine rings is 1. The van der Waals surface area contributed by atoms with Gasteiger partial charge in [-0.2, -0.15) is 0 Å². The number of anilines is 1. The highest BCUT2D eigenvalue weighted by Crippen LogP contribution is 2.28. The Morgan fingerprint density at radius 1 is 1.15 bits per heavy atom. The van der Waals surface area contributed by atoms with Crippen LogP contribution < -0.4 is 10.2 Å². The van der Waals surface area contributed by atoms with E-state index in [4.69, 9.17) is 4.74 Å². The van der Waals surface area contributed by atoms with Gasteiger partial charge in [-0.3, -0.25) is 4.79 Å². The fourth-order valence-electron chi connectivity index (χ4n) is 3.77. The first-order valence-electron chi connectivity index (χ1n) is 9.61. The van der Waals surface area contributed by atoms with Crippen molar-refractivity contribution >= 4 is 11.7 Å². The minimum absolute atomic E-state index is 0.0666. The number of aryl methyl sites for hydroxylation is 2. The predicted octanol–water partition coefficient (Wildman–Crippen LogP) is 2.43. The molecule has 1 aliphatic carbocycles. The molecule has 1 fully saturated rings. The average Bonchev–Trinajstić information content (AvgIpc) is 2.72. The van der Waals surface area contributed by atoms with Crippen molar-refractivity contribution in [3.63, 3.8) is 0 Å². The lowest BCUT2D eigenvalue weighted by Crippen LogP contribution is -2.36. The van der Waals surface area contributed by atoms with Gasteiger partial charge in [-0.25, -0.2) is 4.98 Å². The van der Waals surface area contributed by atoms with E-state index in [1.54, 1.807) is 12.3 Å². The number of carbonyl (C=O) groups is 1. The predicted molar refractivity (Wildman–Crippen MR) is 103 cm³/mol. The lowest BCUT2D eigenvalue weighted by atomic mass is 9.90. The monoisotopic (exact) mass is 367 g/mol. The van der Waals surface area contributed by atoms with Crippen LogP contribution >= 0.6 is 0 Å². The second-order valence-electron chi connectivity index (χ2n) is 7.15. The summed E-state index contributed by atoms with van der Waals surface area (Å²) in [6.07, 6.45) is 6.00. The van der Waals surface area contributed by atoms with Crippen molar-refractivity contribution in [2.24, 2.45) is 0 Å². The van der Waals surface area contributed by atoms with E-state index < -0.39 is 0 Å². The van der Waals surface area contributed by atoms with Crippen molar-refractivity contribution in [2.75, 3.05) is 31.2 Å². The maximum absolute atomic E-state index is 12.6. The number of hydrogen-bond acceptors (Lipinski definition) is 5. The van der Waals surface area contributed by atoms with Crippen molar-refractivity contribution in [1.29, 1.82) is 0 Å². The maximum Gasteiger partial charge on any atom is 0.255 e. The third-order valence-corrected chi connectivity index (χ3v) is 5.30. The number of hydrogen-bond donors (Lipinski definition) is 2. The number of phenols is 1. The van der Waals surface area contributed by atoms with Crippen LogP contribution in [0.15, 0.2) is 30.5 Å². The molecule has 0 atom stereocenters. The number of nitrogens with one attached hydrogen (secondary N) is 1. The van der Waals surface area contributed by atoms with Crippen molar-refractivity contribution in [2.45, 2.75) is 32.2 Å². The van der Waals surface area contributed by atoms with E-state index in [0.717, 1.165) is 50.2 Å². The minimum atomic E-state index is -0.245. The highest BCUT2D eigenvalue weighted by Gasteiger charge is 2.18. The molecule has 0 radical (unpaired) electrons. The number of benzene rings is 1. The third kappa shape index (κ3) is 4.06. The molecule has 27 heavy (non-hydrogen) atoms. The Bertz CT molecular complexity index is 831. The van der Waals surface area contributed by atoms with E-state index in [1.807, 2.05) is 18.2 Å². The van der Waals surface area contributed by atoms with Gasteiger partial charge in [0.25, 0.3) is 5.91 Å². The molecule has 0 saturated carbocycles. The Balaban J connectivity index is 1.43. The Morgan fingerprint density at radius 3 is 2.67 bits per heavy atom. The highest BCUT2D eigenvalue weighted by molar-refractivity contribution is 5.97. The fraction of sp³-hybridized carbons (Fsp3) is 0.429. The molecule has 142 valence electrons. The summed E-state index contributed by atoms with van der Waals surface area (Å²) in [5.74, 6) is 0.726. The summed E-state index contributed by atoms with van der Waals surface area (Å²) >= 11 is 0. The standard InChI is InChI=1S/C21H25N3O3/c25-19-13-17-4-2-1-3-16(17)12-18(19)21(26)23-14-15-5-6-22-20(11-15)24-7-9-27-10-8-24/h5-6,11-13,25H,1-4,7-10,14H2,(H,23,26). The molecule has 2 aliphatic rings. The van der Waals surface area contributed by atoms with Crippen LogP contribution in [-0.2, 0) is 24.1 Å². The number of amides is 1. The van der Waals surface area contributed by atoms with Crippen LogP contribution in [0.2, 0.25) is 0 Å². The molecule has 1 aromatic heterocycles. The first-order chi connectivity index (χ1) is 13.2. The van der Waals surface area contributed by atoms with Crippen LogP contribution in [0.3, 0.4) is 0 Å². The van der Waals surface area contributed by atoms with Gasteiger partial charge in [0.1, 0.15) is 11.6 Å². The number of rotatable bonds is 4. The topological polar surface area (TPSA) is 74.7 Å². The Kier molecular flexibility index (Phi) is 5.25. The van der Waals surface area contributed by atoms with Crippen LogP contribution in [0, 0.1) is 0 Å². The molecule has 0 spiro atoms. The van der Waals surface area contributed by atoms with E-state index in [0.29, 0.717) is 25.3 Å². The van der Waals surface area contributed by atoms with Crippen LogP contribution in [0.5, 0.6) is 5.75 Å². The molecular weight excluding hydrogens is 342 g/mol. The van der Waals surface area contributed by atoms with Crippen molar-refractivity contribution in [1.82, 2.24) is 10.3 Å². The first-order valence-corrected chi connectivity index (χ1v) is 9.61. The number of pyridine rings is 1. The first kappa shape index (κ1) is 17.8. The van der Waals surface area contributed by atoms with E-state index in [-0.39, 0.29) is 11.7 Å². The molecule has 2 heterocycles. The molecule has 1 amide bonds. The Hall–Kier alpha value is -2.60. The molecule has 1 saturated heterocycles. The van der Waals surface area contributed by atoms with E-state index in [2.05, 4.69) is 15.2 Å². The van der Waals surface area contributed by atoms with Crippen LogP contribution in [0.4, 0.5) is 5.82 Å². The van der Waals surface area contributed by atoms with Crippen molar-refractivity contribution < 1.29 is 14.6 Å². The Labute approximate surface area is 159 Å². The summed E-state index contributed by atoms with van der Waals surface area (Å²) < 4.78 is 5.38. The van der Waals surface area contributed by atoms with Gasteiger partial charge in [0.2, 0.25) is 0 Å². The van der Waals surface area contributed by atoms with E-state index in [9.17, 15) is 9.90 Å². The van der Waals surface area contributed by atoms with Crippen molar-refractivity contribution in [3.05, 3.63) is 52.7 Å². The quantitative estimate of drug-likeness (QED) is 0.868. The van der Waals surface area contributed by atoms with Crippen LogP contribution in [-0.4, -0.2) is 42.3 Å². The smallest absolute Gasteiger partial charge is 0.255 e. The molecule has 0 bridgehead atoms. The van der Waals surface area contributed by atoms with E-state index >= 15 is 0 Å². The zero-order chi connectivity index (χ0) is 18.6. The molecule has 6 nitrogen and oxygen atoms in total. The third-order valence-electron chi connectivity index (χ3n) is 5.30. The number of aromatic nitrogens is 1. The molecule has 4 rings (SSSR count). The number of ether oxygens (including phenoxy) is 1. The van der Waals surface area contributed by atoms with Crippen LogP contribution in [0.1, 0.15) is 39.9 Å². The largest absolute Gasteiger partial charge is 0.507 e. The summed E-state index contributed by atoms with van der Waals surface area (Å²) in [6, 6.07) is 7.51. The average molecular weight is 367 g/mol. The van der Waals surface area contributed by atoms with Gasteiger partial charge in [-0.1, -0.05) is 0 Å². The number of phenolic OH excluding ortho intramolecular Hbond substituents is 1. The van der Waals surface area contributed by atoms with Gasteiger partial charge < -0.3 is 20.1 Å². The second kappa shape index (κ2) is 7.96. The maximum atomic E-state index is 12.6. The second-order valence-corrected chi connectivity index (χ2v) is 7.15. The van der Waals surface area contributed by atoms with Crippen LogP contribution in [0.25, 0.3) is 0 Å². The summed E-state index contributed by atoms with van der Waals surface area (Å²) in [5.41, 5.74) is 3.69. The zero-order valence-corrected chi connectivity index (χ0v) is 15.4. The van der Waals surface area contributed by atoms with Gasteiger partial charge in [-0.05, 0) is 66.6 Å². The molecule has 2 N–H and O–H groups in total. The zero-order valence-electron chi connectivity index (χ0n) is 15.4. The van der Waals surface area contributed by atoms with Gasteiger partial charge >= 0.3 is 0 Å². The number of nitrogens with zero attached hydrogens (tertiary/aromatic N) is 2. The minimum Gasteiger partial charge on any atom is -0.507 e. The summed E-state index contributed by atoms with van der Waals surface area (Å²) in [4.78, 5) is 19.2. The Morgan fingerprint density at radius 2 is 1.89 bits per heavy atom. The molecule has 2 aromatic rings. The summed E-state index contributed by atoms with van der Waals surface area (Å²) in [5, 5.41) is 13.2. The molecule has 6 heteroatoms. The van der Waals surface area contributed by atoms with Gasteiger partial charge in [0.15, 0.2) is 0 Å². The number of carbonyl (C=O) groups excluding carboxylic acids is 1. The number of fused-ring (bicyclic) bond motifs is 1. The molecule has 1 aliphatic heterocycles. The summed E-state index contributed by atoms with van der Waals surface area (Å²) in [7, 11) is 0. The van der Waals surface area contributed by atoms with E-state index in [1.165, 1.54) is 11.1 Å². The van der Waals surface area contributed by atoms with Crippen molar-refractivity contribution in [3.8, 4) is 5.75 Å². The van der Waals surface area contributed by atoms with Gasteiger partial charge in [0.05, 0.1) is 18.8 Å². The normalized spacial score (nSPS) is 16.7. The lowest BCUT2D eigenvalue weighted by molar-refractivity contribution is 0.0948. The van der Waals surface area contributed by atoms with Gasteiger partial charge in [0, 0.05) is 25.8 Å². The molecule has 1 aromatic carbocycles. The van der Waals surface area contributed by atoms with Gasteiger partial charge in [-0.15, -0.1) is 0 Å².